The van der Waals surface area contributed by atoms with Crippen molar-refractivity contribution >= 4 is 0 Å². The first kappa shape index (κ1) is 11.3. The Morgan fingerprint density at radius 3 is 1.86 bits per heavy atom. The number of hydrogen-bond donors (Lipinski definition) is 1. The summed E-state index contributed by atoms with van der Waals surface area (Å²) in [6, 6.07) is 6.37. The standard InChI is InChI=1S/C13H20O/c1-3-6-11-8-5-9-12(7-4-2)13(11)10-14/h5,8-9,14H,3-4,6-7,10H2,1-2H3. The lowest BCUT2D eigenvalue weighted by atomic mass is 9.96. The number of aryl methyl sites for hydroxylation is 2. The van der Waals surface area contributed by atoms with E-state index in [2.05, 4.69) is 32.0 Å². The summed E-state index contributed by atoms with van der Waals surface area (Å²) in [5, 5.41) is 9.35. The lowest BCUT2D eigenvalue weighted by molar-refractivity contribution is 0.279. The van der Waals surface area contributed by atoms with E-state index in [1.807, 2.05) is 0 Å². The van der Waals surface area contributed by atoms with Crippen molar-refractivity contribution in [3.63, 3.8) is 0 Å². The summed E-state index contributed by atoms with van der Waals surface area (Å²) >= 11 is 0. The lowest BCUT2D eigenvalue weighted by Crippen LogP contribution is -1.99. The Bertz CT molecular complexity index is 254. The van der Waals surface area contributed by atoms with Crippen molar-refractivity contribution < 1.29 is 5.11 Å². The lowest BCUT2D eigenvalue weighted by Gasteiger charge is -2.11. The molecule has 1 aromatic carbocycles. The molecule has 14 heavy (non-hydrogen) atoms. The maximum absolute atomic E-state index is 9.35. The zero-order valence-corrected chi connectivity index (χ0v) is 9.21. The first-order valence-corrected chi connectivity index (χ1v) is 5.54. The van der Waals surface area contributed by atoms with Gasteiger partial charge < -0.3 is 5.11 Å². The second-order valence-electron chi connectivity index (χ2n) is 3.71. The highest BCUT2D eigenvalue weighted by atomic mass is 16.3. The van der Waals surface area contributed by atoms with Crippen molar-refractivity contribution in [1.29, 1.82) is 0 Å². The predicted octanol–water partition coefficient (Wildman–Crippen LogP) is 3.08. The van der Waals surface area contributed by atoms with Crippen LogP contribution < -0.4 is 0 Å². The van der Waals surface area contributed by atoms with Crippen molar-refractivity contribution in [2.45, 2.75) is 46.1 Å². The molecule has 0 radical (unpaired) electrons. The summed E-state index contributed by atoms with van der Waals surface area (Å²) in [7, 11) is 0. The van der Waals surface area contributed by atoms with Gasteiger partial charge in [0.15, 0.2) is 0 Å². The molecule has 0 saturated carbocycles. The van der Waals surface area contributed by atoms with E-state index < -0.39 is 0 Å². The van der Waals surface area contributed by atoms with E-state index in [1.54, 1.807) is 0 Å². The van der Waals surface area contributed by atoms with Crippen LogP contribution in [0.2, 0.25) is 0 Å². The van der Waals surface area contributed by atoms with Crippen LogP contribution in [0, 0.1) is 0 Å². The van der Waals surface area contributed by atoms with Crippen molar-refractivity contribution in [3.8, 4) is 0 Å². The van der Waals surface area contributed by atoms with E-state index in [9.17, 15) is 5.11 Å². The Kier molecular flexibility index (Phi) is 4.68. The largest absolute Gasteiger partial charge is 0.392 e. The fourth-order valence-corrected chi connectivity index (χ4v) is 1.90. The van der Waals surface area contributed by atoms with Gasteiger partial charge in [0.2, 0.25) is 0 Å². The van der Waals surface area contributed by atoms with E-state index in [-0.39, 0.29) is 6.61 Å². The van der Waals surface area contributed by atoms with Crippen LogP contribution in [0.25, 0.3) is 0 Å². The van der Waals surface area contributed by atoms with Gasteiger partial charge in [-0.15, -0.1) is 0 Å². The van der Waals surface area contributed by atoms with Gasteiger partial charge in [-0.1, -0.05) is 44.9 Å². The maximum Gasteiger partial charge on any atom is 0.0687 e. The molecule has 0 aliphatic heterocycles. The van der Waals surface area contributed by atoms with Crippen LogP contribution >= 0.6 is 0 Å². The van der Waals surface area contributed by atoms with Gasteiger partial charge in [-0.3, -0.25) is 0 Å². The van der Waals surface area contributed by atoms with Gasteiger partial charge in [-0.05, 0) is 29.5 Å². The molecular weight excluding hydrogens is 172 g/mol. The van der Waals surface area contributed by atoms with Crippen LogP contribution in [0.3, 0.4) is 0 Å². The molecule has 0 aliphatic rings. The fourth-order valence-electron chi connectivity index (χ4n) is 1.90. The quantitative estimate of drug-likeness (QED) is 0.760. The minimum absolute atomic E-state index is 0.186. The first-order chi connectivity index (χ1) is 6.83. The highest BCUT2D eigenvalue weighted by molar-refractivity contribution is 5.35. The van der Waals surface area contributed by atoms with Crippen LogP contribution in [0.4, 0.5) is 0 Å². The van der Waals surface area contributed by atoms with Crippen molar-refractivity contribution in [2.24, 2.45) is 0 Å². The molecule has 1 heteroatoms. The van der Waals surface area contributed by atoms with Crippen LogP contribution in [-0.4, -0.2) is 5.11 Å². The van der Waals surface area contributed by atoms with Gasteiger partial charge in [-0.25, -0.2) is 0 Å². The zero-order valence-electron chi connectivity index (χ0n) is 9.21. The van der Waals surface area contributed by atoms with Crippen molar-refractivity contribution in [3.05, 3.63) is 34.9 Å². The Morgan fingerprint density at radius 1 is 1.00 bits per heavy atom. The predicted molar refractivity (Wildman–Crippen MR) is 60.4 cm³/mol. The molecule has 0 heterocycles. The molecule has 1 N–H and O–H groups in total. The third-order valence-electron chi connectivity index (χ3n) is 2.57. The molecule has 0 amide bonds. The summed E-state index contributed by atoms with van der Waals surface area (Å²) in [5.41, 5.74) is 3.80. The normalized spacial score (nSPS) is 10.5. The van der Waals surface area contributed by atoms with Crippen LogP contribution in [0.15, 0.2) is 18.2 Å². The second kappa shape index (κ2) is 5.82. The highest BCUT2D eigenvalue weighted by Gasteiger charge is 2.05. The number of aliphatic hydroxyl groups is 1. The highest BCUT2D eigenvalue weighted by Crippen LogP contribution is 2.18. The smallest absolute Gasteiger partial charge is 0.0687 e. The third-order valence-corrected chi connectivity index (χ3v) is 2.57. The Labute approximate surface area is 86.8 Å². The average molecular weight is 192 g/mol. The second-order valence-corrected chi connectivity index (χ2v) is 3.71. The Hall–Kier alpha value is -0.820. The fraction of sp³-hybridized carbons (Fsp3) is 0.538. The third kappa shape index (κ3) is 2.58. The minimum atomic E-state index is 0.186. The van der Waals surface area contributed by atoms with Crippen molar-refractivity contribution in [2.75, 3.05) is 0 Å². The molecule has 1 rings (SSSR count). The van der Waals surface area contributed by atoms with Crippen LogP contribution in [0.5, 0.6) is 0 Å². The topological polar surface area (TPSA) is 20.2 Å². The molecule has 78 valence electrons. The Morgan fingerprint density at radius 2 is 1.50 bits per heavy atom. The van der Waals surface area contributed by atoms with Gasteiger partial charge in [0.05, 0.1) is 6.61 Å². The maximum atomic E-state index is 9.35. The minimum Gasteiger partial charge on any atom is -0.392 e. The number of hydrogen-bond acceptors (Lipinski definition) is 1. The number of aliphatic hydroxyl groups excluding tert-OH is 1. The summed E-state index contributed by atoms with van der Waals surface area (Å²) in [6.07, 6.45) is 4.44. The molecule has 0 unspecified atom stereocenters. The molecule has 0 spiro atoms. The van der Waals surface area contributed by atoms with E-state index in [0.29, 0.717) is 0 Å². The summed E-state index contributed by atoms with van der Waals surface area (Å²) in [4.78, 5) is 0. The molecule has 0 bridgehead atoms. The van der Waals surface area contributed by atoms with Crippen LogP contribution in [-0.2, 0) is 19.4 Å². The van der Waals surface area contributed by atoms with Gasteiger partial charge >= 0.3 is 0 Å². The Balaban J connectivity index is 2.98. The first-order valence-electron chi connectivity index (χ1n) is 5.54. The molecule has 1 aromatic rings. The van der Waals surface area contributed by atoms with Crippen LogP contribution in [0.1, 0.15) is 43.4 Å². The van der Waals surface area contributed by atoms with E-state index in [1.165, 1.54) is 11.1 Å². The SMILES string of the molecule is CCCc1cccc(CCC)c1CO. The van der Waals surface area contributed by atoms with Gasteiger partial charge in [0, 0.05) is 0 Å². The zero-order chi connectivity index (χ0) is 10.4. The summed E-state index contributed by atoms with van der Waals surface area (Å²) in [6.45, 7) is 4.53. The molecule has 0 atom stereocenters. The summed E-state index contributed by atoms with van der Waals surface area (Å²) in [5.74, 6) is 0. The molecular formula is C13H20O. The van der Waals surface area contributed by atoms with Crippen molar-refractivity contribution in [1.82, 2.24) is 0 Å². The monoisotopic (exact) mass is 192 g/mol. The van der Waals surface area contributed by atoms with Gasteiger partial charge in [-0.2, -0.15) is 0 Å². The van der Waals surface area contributed by atoms with E-state index in [4.69, 9.17) is 0 Å². The van der Waals surface area contributed by atoms with E-state index >= 15 is 0 Å². The molecule has 1 nitrogen and oxygen atoms in total. The van der Waals surface area contributed by atoms with Gasteiger partial charge in [0.1, 0.15) is 0 Å². The molecule has 0 fully saturated rings. The number of benzene rings is 1. The van der Waals surface area contributed by atoms with E-state index in [0.717, 1.165) is 31.2 Å². The molecule has 0 aromatic heterocycles. The van der Waals surface area contributed by atoms with Gasteiger partial charge in [0.25, 0.3) is 0 Å². The summed E-state index contributed by atoms with van der Waals surface area (Å²) < 4.78 is 0. The average Bonchev–Trinajstić information content (AvgIpc) is 2.19. The number of rotatable bonds is 5. The molecule has 0 saturated heterocycles. The molecule has 0 aliphatic carbocycles.